The summed E-state index contributed by atoms with van der Waals surface area (Å²) in [5, 5.41) is 11.9. The number of hydrogen-bond acceptors (Lipinski definition) is 5. The molecule has 8 nitrogen and oxygen atoms in total. The van der Waals surface area contributed by atoms with Gasteiger partial charge in [0.2, 0.25) is 0 Å². The molecule has 0 saturated heterocycles. The van der Waals surface area contributed by atoms with Crippen LogP contribution >= 0.6 is 0 Å². The van der Waals surface area contributed by atoms with Crippen LogP contribution in [0.15, 0.2) is 59.2 Å². The number of carbonyl (C=O) groups excluding carboxylic acids is 3. The van der Waals surface area contributed by atoms with Gasteiger partial charge in [-0.05, 0) is 55.0 Å². The number of nitrogens with one attached hydrogen (secondary N) is 1. The van der Waals surface area contributed by atoms with Crippen molar-refractivity contribution in [2.24, 2.45) is 0 Å². The zero-order valence-corrected chi connectivity index (χ0v) is 15.8. The van der Waals surface area contributed by atoms with Crippen molar-refractivity contribution in [3.05, 3.63) is 88.4 Å². The lowest BCUT2D eigenvalue weighted by Gasteiger charge is -2.11. The topological polar surface area (TPSA) is 117 Å². The van der Waals surface area contributed by atoms with Crippen LogP contribution in [0.4, 0.5) is 5.69 Å². The van der Waals surface area contributed by atoms with Gasteiger partial charge in [-0.1, -0.05) is 6.07 Å². The second-order valence-corrected chi connectivity index (χ2v) is 6.77. The Morgan fingerprint density at radius 1 is 1.03 bits per heavy atom. The number of aromatic carboxylic acids is 1. The SMILES string of the molecule is Cc1c(NC(=O)c2ccc3c(c2)C(=O)N(Cc2ccco2)C3=O)cccc1C(=O)O. The second kappa shape index (κ2) is 7.32. The molecule has 3 amide bonds. The summed E-state index contributed by atoms with van der Waals surface area (Å²) in [6.45, 7) is 1.60. The van der Waals surface area contributed by atoms with E-state index in [0.29, 0.717) is 17.0 Å². The van der Waals surface area contributed by atoms with Crippen LogP contribution in [0.5, 0.6) is 0 Å². The van der Waals surface area contributed by atoms with E-state index in [1.807, 2.05) is 0 Å². The first-order chi connectivity index (χ1) is 14.4. The summed E-state index contributed by atoms with van der Waals surface area (Å²) in [6.07, 6.45) is 1.46. The molecule has 0 unspecified atom stereocenters. The third kappa shape index (κ3) is 3.24. The van der Waals surface area contributed by atoms with Gasteiger partial charge in [-0.15, -0.1) is 0 Å². The van der Waals surface area contributed by atoms with Gasteiger partial charge in [0, 0.05) is 11.3 Å². The van der Waals surface area contributed by atoms with E-state index in [9.17, 15) is 24.3 Å². The summed E-state index contributed by atoms with van der Waals surface area (Å²) < 4.78 is 5.20. The Labute approximate surface area is 170 Å². The van der Waals surface area contributed by atoms with Crippen LogP contribution in [-0.2, 0) is 6.54 Å². The average Bonchev–Trinajstić information content (AvgIpc) is 3.32. The number of hydrogen-bond donors (Lipinski definition) is 2. The molecule has 8 heteroatoms. The standard InChI is InChI=1S/C22H16N2O6/c1-12-15(22(28)29)5-2-6-18(12)23-19(25)13-7-8-16-17(10-13)21(27)24(20(16)26)11-14-4-3-9-30-14/h2-10H,11H2,1H3,(H,23,25)(H,28,29). The number of anilines is 1. The summed E-state index contributed by atoms with van der Waals surface area (Å²) in [5.41, 5.74) is 1.37. The maximum Gasteiger partial charge on any atom is 0.336 e. The largest absolute Gasteiger partial charge is 0.478 e. The highest BCUT2D eigenvalue weighted by Crippen LogP contribution is 2.27. The van der Waals surface area contributed by atoms with Crippen LogP contribution in [0.25, 0.3) is 0 Å². The summed E-state index contributed by atoms with van der Waals surface area (Å²) >= 11 is 0. The van der Waals surface area contributed by atoms with Crippen LogP contribution in [-0.4, -0.2) is 33.7 Å². The van der Waals surface area contributed by atoms with Crippen molar-refractivity contribution >= 4 is 29.4 Å². The van der Waals surface area contributed by atoms with Gasteiger partial charge in [0.05, 0.1) is 29.5 Å². The highest BCUT2D eigenvalue weighted by atomic mass is 16.4. The molecule has 2 heterocycles. The molecule has 2 aromatic carbocycles. The Kier molecular flexibility index (Phi) is 4.67. The average molecular weight is 404 g/mol. The van der Waals surface area contributed by atoms with Crippen molar-refractivity contribution in [3.8, 4) is 0 Å². The molecule has 0 saturated carbocycles. The molecule has 1 aliphatic rings. The van der Waals surface area contributed by atoms with Crippen LogP contribution in [0.3, 0.4) is 0 Å². The quantitative estimate of drug-likeness (QED) is 0.630. The Bertz CT molecular complexity index is 1200. The summed E-state index contributed by atoms with van der Waals surface area (Å²) in [4.78, 5) is 50.3. The first-order valence-electron chi connectivity index (χ1n) is 9.03. The lowest BCUT2D eigenvalue weighted by Crippen LogP contribution is -2.28. The molecule has 4 rings (SSSR count). The number of nitrogens with zero attached hydrogens (tertiary/aromatic N) is 1. The molecule has 0 spiro atoms. The molecule has 0 fully saturated rings. The van der Waals surface area contributed by atoms with E-state index >= 15 is 0 Å². The second-order valence-electron chi connectivity index (χ2n) is 6.77. The minimum absolute atomic E-state index is 0.00204. The lowest BCUT2D eigenvalue weighted by atomic mass is 10.0. The van der Waals surface area contributed by atoms with Crippen molar-refractivity contribution < 1.29 is 28.7 Å². The fourth-order valence-electron chi connectivity index (χ4n) is 3.33. The van der Waals surface area contributed by atoms with E-state index < -0.39 is 23.7 Å². The number of benzene rings is 2. The smallest absolute Gasteiger partial charge is 0.336 e. The molecular weight excluding hydrogens is 388 g/mol. The van der Waals surface area contributed by atoms with E-state index in [0.717, 1.165) is 4.90 Å². The number of carboxylic acids is 1. The molecule has 0 radical (unpaired) electrons. The van der Waals surface area contributed by atoms with Gasteiger partial charge in [0.1, 0.15) is 5.76 Å². The van der Waals surface area contributed by atoms with E-state index in [2.05, 4.69) is 5.32 Å². The number of carbonyl (C=O) groups is 4. The van der Waals surface area contributed by atoms with Gasteiger partial charge in [-0.2, -0.15) is 0 Å². The summed E-state index contributed by atoms with van der Waals surface area (Å²) in [7, 11) is 0. The molecule has 150 valence electrons. The number of fused-ring (bicyclic) bond motifs is 1. The van der Waals surface area contributed by atoms with Gasteiger partial charge in [0.25, 0.3) is 17.7 Å². The first kappa shape index (κ1) is 19.1. The minimum Gasteiger partial charge on any atom is -0.478 e. The van der Waals surface area contributed by atoms with Crippen molar-refractivity contribution in [2.45, 2.75) is 13.5 Å². The maximum absolute atomic E-state index is 12.7. The molecule has 0 atom stereocenters. The van der Waals surface area contributed by atoms with Gasteiger partial charge < -0.3 is 14.8 Å². The lowest BCUT2D eigenvalue weighted by molar-refractivity contribution is 0.0629. The third-order valence-electron chi connectivity index (χ3n) is 4.94. The fraction of sp³-hybridized carbons (Fsp3) is 0.0909. The van der Waals surface area contributed by atoms with E-state index in [4.69, 9.17) is 4.42 Å². The maximum atomic E-state index is 12.7. The number of imide groups is 1. The Morgan fingerprint density at radius 3 is 2.50 bits per heavy atom. The van der Waals surface area contributed by atoms with Crippen molar-refractivity contribution in [1.82, 2.24) is 4.90 Å². The predicted molar refractivity (Wildman–Crippen MR) is 105 cm³/mol. The summed E-state index contributed by atoms with van der Waals surface area (Å²) in [6, 6.07) is 12.1. The molecule has 3 aromatic rings. The van der Waals surface area contributed by atoms with Crippen LogP contribution < -0.4 is 5.32 Å². The Morgan fingerprint density at radius 2 is 1.80 bits per heavy atom. The molecule has 0 aliphatic carbocycles. The number of amides is 3. The zero-order chi connectivity index (χ0) is 21.4. The Hall–Kier alpha value is -4.20. The molecule has 2 N–H and O–H groups in total. The zero-order valence-electron chi connectivity index (χ0n) is 15.8. The van der Waals surface area contributed by atoms with Crippen LogP contribution in [0.1, 0.15) is 52.8 Å². The fourth-order valence-corrected chi connectivity index (χ4v) is 3.33. The minimum atomic E-state index is -1.10. The predicted octanol–water partition coefficient (Wildman–Crippen LogP) is 3.33. The van der Waals surface area contributed by atoms with E-state index in [-0.39, 0.29) is 28.8 Å². The van der Waals surface area contributed by atoms with Gasteiger partial charge in [0.15, 0.2) is 0 Å². The number of carboxylic acid groups (broad SMARTS) is 1. The van der Waals surface area contributed by atoms with Crippen molar-refractivity contribution in [1.29, 1.82) is 0 Å². The van der Waals surface area contributed by atoms with Gasteiger partial charge >= 0.3 is 5.97 Å². The highest BCUT2D eigenvalue weighted by Gasteiger charge is 2.36. The molecule has 0 bridgehead atoms. The normalized spacial score (nSPS) is 12.8. The van der Waals surface area contributed by atoms with E-state index in [1.54, 1.807) is 25.1 Å². The highest BCUT2D eigenvalue weighted by molar-refractivity contribution is 6.22. The van der Waals surface area contributed by atoms with Crippen LogP contribution in [0.2, 0.25) is 0 Å². The van der Waals surface area contributed by atoms with Crippen molar-refractivity contribution in [3.63, 3.8) is 0 Å². The number of rotatable bonds is 5. The molecular formula is C22H16N2O6. The number of furan rings is 1. The summed E-state index contributed by atoms with van der Waals surface area (Å²) in [5.74, 6) is -2.11. The monoisotopic (exact) mass is 404 g/mol. The molecule has 1 aromatic heterocycles. The van der Waals surface area contributed by atoms with Crippen LogP contribution in [0, 0.1) is 6.92 Å². The van der Waals surface area contributed by atoms with Gasteiger partial charge in [-0.3, -0.25) is 19.3 Å². The van der Waals surface area contributed by atoms with Crippen molar-refractivity contribution in [2.75, 3.05) is 5.32 Å². The molecule has 30 heavy (non-hydrogen) atoms. The molecule has 1 aliphatic heterocycles. The Balaban J connectivity index is 1.59. The first-order valence-corrected chi connectivity index (χ1v) is 9.03. The van der Waals surface area contributed by atoms with E-state index in [1.165, 1.54) is 36.6 Å². The third-order valence-corrected chi connectivity index (χ3v) is 4.94. The van der Waals surface area contributed by atoms with Gasteiger partial charge in [-0.25, -0.2) is 4.79 Å².